The summed E-state index contributed by atoms with van der Waals surface area (Å²) in [5, 5.41) is 9.23. The number of esters is 1. The van der Waals surface area contributed by atoms with Crippen molar-refractivity contribution in [3.05, 3.63) is 29.1 Å². The van der Waals surface area contributed by atoms with Crippen molar-refractivity contribution in [2.24, 2.45) is 0 Å². The number of carbonyl (C=O) groups excluding carboxylic acids is 2. The summed E-state index contributed by atoms with van der Waals surface area (Å²) in [6.45, 7) is 10.9. The molecule has 0 unspecified atom stereocenters. The molecule has 0 aromatic heterocycles. The Labute approximate surface area is 165 Å². The summed E-state index contributed by atoms with van der Waals surface area (Å²) in [7, 11) is 1.17. The van der Waals surface area contributed by atoms with E-state index < -0.39 is 23.5 Å². The normalized spacial score (nSPS) is 13.8. The number of nitriles is 1. The first kappa shape index (κ1) is 23.2. The van der Waals surface area contributed by atoms with E-state index in [0.717, 1.165) is 6.07 Å². The van der Waals surface area contributed by atoms with Crippen LogP contribution in [0.3, 0.4) is 0 Å². The van der Waals surface area contributed by atoms with Crippen LogP contribution in [0.4, 0.5) is 14.9 Å². The molecule has 1 aromatic carbocycles. The van der Waals surface area contributed by atoms with Gasteiger partial charge in [-0.25, -0.2) is 14.0 Å². The molecule has 1 aliphatic rings. The van der Waals surface area contributed by atoms with Crippen LogP contribution < -0.4 is 4.90 Å². The van der Waals surface area contributed by atoms with Gasteiger partial charge in [0.05, 0.1) is 23.9 Å². The highest BCUT2D eigenvalue weighted by atomic mass is 19.1. The molecule has 0 atom stereocenters. The van der Waals surface area contributed by atoms with Crippen molar-refractivity contribution in [1.82, 2.24) is 4.90 Å². The molecule has 8 heteroatoms. The molecular weight excluding hydrogens is 365 g/mol. The van der Waals surface area contributed by atoms with E-state index in [4.69, 9.17) is 4.74 Å². The predicted octanol–water partition coefficient (Wildman–Crippen LogP) is 3.57. The fourth-order valence-electron chi connectivity index (χ4n) is 2.63. The Morgan fingerprint density at radius 2 is 1.71 bits per heavy atom. The van der Waals surface area contributed by atoms with E-state index in [1.807, 2.05) is 19.9 Å². The fourth-order valence-corrected chi connectivity index (χ4v) is 2.63. The molecule has 1 amide bonds. The summed E-state index contributed by atoms with van der Waals surface area (Å²) < 4.78 is 24.4. The zero-order valence-corrected chi connectivity index (χ0v) is 17.3. The minimum Gasteiger partial charge on any atom is -0.465 e. The van der Waals surface area contributed by atoms with Crippen LogP contribution in [-0.4, -0.2) is 55.9 Å². The van der Waals surface area contributed by atoms with E-state index in [2.05, 4.69) is 4.74 Å². The fraction of sp³-hybridized carbons (Fsp3) is 0.550. The van der Waals surface area contributed by atoms with Gasteiger partial charge in [0.2, 0.25) is 0 Å². The van der Waals surface area contributed by atoms with E-state index in [-0.39, 0.29) is 16.8 Å². The minimum atomic E-state index is -0.762. The zero-order chi connectivity index (χ0) is 21.5. The van der Waals surface area contributed by atoms with E-state index in [0.29, 0.717) is 26.2 Å². The third-order valence-corrected chi connectivity index (χ3v) is 3.88. The average molecular weight is 393 g/mol. The Hall–Kier alpha value is -2.82. The van der Waals surface area contributed by atoms with Crippen LogP contribution in [0.2, 0.25) is 0 Å². The largest absolute Gasteiger partial charge is 0.465 e. The number of anilines is 1. The van der Waals surface area contributed by atoms with Gasteiger partial charge in [0, 0.05) is 26.2 Å². The maximum absolute atomic E-state index is 14.5. The van der Waals surface area contributed by atoms with Crippen LogP contribution in [0.1, 0.15) is 50.5 Å². The lowest BCUT2D eigenvalue weighted by Crippen LogP contribution is -2.50. The van der Waals surface area contributed by atoms with Gasteiger partial charge in [-0.15, -0.1) is 0 Å². The summed E-state index contributed by atoms with van der Waals surface area (Å²) in [6.07, 6.45) is -0.406. The quantitative estimate of drug-likeness (QED) is 0.715. The molecule has 28 heavy (non-hydrogen) atoms. The average Bonchev–Trinajstić information content (AvgIpc) is 2.67. The molecule has 0 saturated carbocycles. The van der Waals surface area contributed by atoms with Crippen LogP contribution in [0.25, 0.3) is 0 Å². The minimum absolute atomic E-state index is 0.0443. The number of hydrogen-bond acceptors (Lipinski definition) is 6. The highest BCUT2D eigenvalue weighted by molar-refractivity contribution is 5.92. The van der Waals surface area contributed by atoms with Gasteiger partial charge >= 0.3 is 12.1 Å². The summed E-state index contributed by atoms with van der Waals surface area (Å²) >= 11 is 0. The number of benzene rings is 1. The molecule has 0 aliphatic carbocycles. The Kier molecular flexibility index (Phi) is 8.23. The Bertz CT molecular complexity index is 745. The first-order valence-corrected chi connectivity index (χ1v) is 9.21. The van der Waals surface area contributed by atoms with Crippen molar-refractivity contribution < 1.29 is 23.5 Å². The maximum atomic E-state index is 14.5. The second-order valence-corrected chi connectivity index (χ2v) is 6.91. The number of methoxy groups -OCH3 is 1. The topological polar surface area (TPSA) is 82.9 Å². The lowest BCUT2D eigenvalue weighted by Gasteiger charge is -2.37. The van der Waals surface area contributed by atoms with Crippen molar-refractivity contribution in [3.63, 3.8) is 0 Å². The van der Waals surface area contributed by atoms with Gasteiger partial charge in [-0.05, 0) is 32.9 Å². The molecule has 1 aromatic rings. The Balaban J connectivity index is 0.00000190. The highest BCUT2D eigenvalue weighted by Crippen LogP contribution is 2.26. The second-order valence-electron chi connectivity index (χ2n) is 6.91. The number of ether oxygens (including phenoxy) is 2. The SMILES string of the molecule is CC.COC(=O)c1cc(F)c(N2CCN(C(=O)OC(C)(C)C)CC2)cc1C#N. The lowest BCUT2D eigenvalue weighted by molar-refractivity contribution is 0.0240. The third-order valence-electron chi connectivity index (χ3n) is 3.88. The summed E-state index contributed by atoms with van der Waals surface area (Å²) in [5.74, 6) is -1.38. The smallest absolute Gasteiger partial charge is 0.410 e. The number of halogens is 1. The first-order valence-electron chi connectivity index (χ1n) is 9.21. The Morgan fingerprint density at radius 1 is 1.14 bits per heavy atom. The van der Waals surface area contributed by atoms with Gasteiger partial charge in [-0.1, -0.05) is 13.8 Å². The molecule has 0 radical (unpaired) electrons. The van der Waals surface area contributed by atoms with Crippen LogP contribution in [0.15, 0.2) is 12.1 Å². The molecular formula is C20H28FN3O4. The van der Waals surface area contributed by atoms with Crippen molar-refractivity contribution in [2.75, 3.05) is 38.2 Å². The van der Waals surface area contributed by atoms with Crippen LogP contribution in [0, 0.1) is 17.1 Å². The standard InChI is InChI=1S/C18H22FN3O4.C2H6/c1-18(2,3)26-17(24)22-7-5-21(6-8-22)15-9-12(11-20)13(10-14(15)19)16(23)25-4;1-2/h9-10H,5-8H2,1-4H3;1-2H3. The van der Waals surface area contributed by atoms with Gasteiger partial charge < -0.3 is 19.3 Å². The molecule has 154 valence electrons. The van der Waals surface area contributed by atoms with Crippen molar-refractivity contribution in [1.29, 1.82) is 5.26 Å². The van der Waals surface area contributed by atoms with Crippen molar-refractivity contribution >= 4 is 17.7 Å². The van der Waals surface area contributed by atoms with Crippen molar-refractivity contribution in [3.8, 4) is 6.07 Å². The summed E-state index contributed by atoms with van der Waals surface area (Å²) in [5.41, 5.74) is -0.421. The van der Waals surface area contributed by atoms with Gasteiger partial charge in [0.25, 0.3) is 0 Å². The summed E-state index contributed by atoms with van der Waals surface area (Å²) in [6, 6.07) is 4.24. The molecule has 7 nitrogen and oxygen atoms in total. The number of rotatable bonds is 2. The van der Waals surface area contributed by atoms with E-state index in [1.54, 1.807) is 30.6 Å². The van der Waals surface area contributed by atoms with E-state index >= 15 is 0 Å². The zero-order valence-electron chi connectivity index (χ0n) is 17.3. The molecule has 2 rings (SSSR count). The number of piperazine rings is 1. The molecule has 1 fully saturated rings. The molecule has 0 spiro atoms. The number of hydrogen-bond donors (Lipinski definition) is 0. The number of carbonyl (C=O) groups is 2. The molecule has 1 heterocycles. The first-order chi connectivity index (χ1) is 13.2. The Morgan fingerprint density at radius 3 is 2.18 bits per heavy atom. The number of amides is 1. The van der Waals surface area contributed by atoms with Gasteiger partial charge in [0.1, 0.15) is 17.5 Å². The predicted molar refractivity (Wildman–Crippen MR) is 104 cm³/mol. The van der Waals surface area contributed by atoms with Crippen LogP contribution in [-0.2, 0) is 9.47 Å². The highest BCUT2D eigenvalue weighted by Gasteiger charge is 2.27. The van der Waals surface area contributed by atoms with Gasteiger partial charge in [0.15, 0.2) is 0 Å². The molecule has 0 N–H and O–H groups in total. The maximum Gasteiger partial charge on any atom is 0.410 e. The number of nitrogens with zero attached hydrogens (tertiary/aromatic N) is 3. The van der Waals surface area contributed by atoms with Crippen LogP contribution in [0.5, 0.6) is 0 Å². The van der Waals surface area contributed by atoms with Gasteiger partial charge in [-0.3, -0.25) is 0 Å². The van der Waals surface area contributed by atoms with Gasteiger partial charge in [-0.2, -0.15) is 5.26 Å². The molecule has 0 bridgehead atoms. The lowest BCUT2D eigenvalue weighted by atomic mass is 10.1. The van der Waals surface area contributed by atoms with Crippen LogP contribution >= 0.6 is 0 Å². The third kappa shape index (κ3) is 5.84. The monoisotopic (exact) mass is 393 g/mol. The molecule has 1 saturated heterocycles. The summed E-state index contributed by atoms with van der Waals surface area (Å²) in [4.78, 5) is 27.0. The van der Waals surface area contributed by atoms with E-state index in [1.165, 1.54) is 13.2 Å². The van der Waals surface area contributed by atoms with E-state index in [9.17, 15) is 19.2 Å². The van der Waals surface area contributed by atoms with Crippen molar-refractivity contribution in [2.45, 2.75) is 40.2 Å². The molecule has 1 aliphatic heterocycles. The second kappa shape index (κ2) is 9.93.